The lowest BCUT2D eigenvalue weighted by Crippen LogP contribution is -2.38. The van der Waals surface area contributed by atoms with Crippen molar-refractivity contribution in [2.75, 3.05) is 20.1 Å². The van der Waals surface area contributed by atoms with Crippen molar-refractivity contribution in [2.24, 2.45) is 0 Å². The summed E-state index contributed by atoms with van der Waals surface area (Å²) in [5, 5.41) is 3.25. The molecule has 1 aromatic rings. The number of amides is 1. The first-order valence-electron chi connectivity index (χ1n) is 6.18. The molecule has 4 nitrogen and oxygen atoms in total. The van der Waals surface area contributed by atoms with E-state index in [0.29, 0.717) is 11.1 Å². The van der Waals surface area contributed by atoms with Gasteiger partial charge in [-0.3, -0.25) is 9.59 Å². The highest BCUT2D eigenvalue weighted by atomic mass is 35.5. The van der Waals surface area contributed by atoms with Crippen LogP contribution < -0.4 is 5.32 Å². The number of nitrogens with one attached hydrogen (secondary N) is 1. The van der Waals surface area contributed by atoms with Gasteiger partial charge in [-0.15, -0.1) is 12.4 Å². The molecule has 1 amide bonds. The third kappa shape index (κ3) is 3.55. The second kappa shape index (κ2) is 6.68. The first-order chi connectivity index (χ1) is 8.59. The molecule has 5 heteroatoms. The number of halogens is 1. The summed E-state index contributed by atoms with van der Waals surface area (Å²) in [5.74, 6) is 0.0288. The molecule has 0 aliphatic carbocycles. The summed E-state index contributed by atoms with van der Waals surface area (Å²) in [6.07, 6.45) is 0.994. The van der Waals surface area contributed by atoms with Crippen molar-refractivity contribution in [1.29, 1.82) is 0 Å². The number of carbonyl (C=O) groups is 2. The Morgan fingerprint density at radius 3 is 2.26 bits per heavy atom. The lowest BCUT2D eigenvalue weighted by Gasteiger charge is -2.23. The van der Waals surface area contributed by atoms with Gasteiger partial charge in [0, 0.05) is 30.8 Å². The summed E-state index contributed by atoms with van der Waals surface area (Å²) in [6.45, 7) is 3.34. The number of hydrogen-bond acceptors (Lipinski definition) is 3. The first kappa shape index (κ1) is 15.7. The van der Waals surface area contributed by atoms with Crippen LogP contribution in [0.2, 0.25) is 0 Å². The smallest absolute Gasteiger partial charge is 0.253 e. The van der Waals surface area contributed by atoms with Crippen molar-refractivity contribution >= 4 is 24.1 Å². The topological polar surface area (TPSA) is 49.4 Å². The highest BCUT2D eigenvalue weighted by Gasteiger charge is 2.23. The van der Waals surface area contributed by atoms with E-state index in [0.717, 1.165) is 19.5 Å². The Morgan fingerprint density at radius 1 is 1.21 bits per heavy atom. The lowest BCUT2D eigenvalue weighted by molar-refractivity contribution is 0.0743. The monoisotopic (exact) mass is 282 g/mol. The molecule has 0 radical (unpaired) electrons. The molecular formula is C14H19ClN2O2. The fourth-order valence-corrected chi connectivity index (χ4v) is 2.19. The normalized spacial score (nSPS) is 17.7. The van der Waals surface area contributed by atoms with E-state index < -0.39 is 0 Å². The molecule has 1 saturated heterocycles. The number of hydrogen-bond donors (Lipinski definition) is 1. The number of benzene rings is 1. The van der Waals surface area contributed by atoms with Gasteiger partial charge in [-0.2, -0.15) is 0 Å². The average Bonchev–Trinajstić information content (AvgIpc) is 2.91. The Kier molecular flexibility index (Phi) is 5.51. The van der Waals surface area contributed by atoms with Crippen LogP contribution >= 0.6 is 12.4 Å². The molecule has 1 atom stereocenters. The summed E-state index contributed by atoms with van der Waals surface area (Å²) >= 11 is 0. The molecule has 104 valence electrons. The zero-order valence-corrected chi connectivity index (χ0v) is 12.0. The van der Waals surface area contributed by atoms with Crippen molar-refractivity contribution in [2.45, 2.75) is 19.4 Å². The molecule has 1 fully saturated rings. The number of rotatable bonds is 3. The maximum atomic E-state index is 12.2. The number of ketones is 1. The standard InChI is InChI=1S/C14H18N2O2.ClH/c1-10(17)11-3-5-12(6-4-11)14(18)16(2)13-7-8-15-9-13;/h3-6,13,15H,7-9H2,1-2H3;1H. The number of Topliss-reactive ketones (excluding diaryl/α,β-unsaturated/α-hetero) is 1. The van der Waals surface area contributed by atoms with Crippen LogP contribution in [0.15, 0.2) is 24.3 Å². The predicted molar refractivity (Wildman–Crippen MR) is 77.1 cm³/mol. The number of likely N-dealkylation sites (N-methyl/N-ethyl adjacent to an activating group) is 1. The van der Waals surface area contributed by atoms with Crippen molar-refractivity contribution in [3.05, 3.63) is 35.4 Å². The third-order valence-corrected chi connectivity index (χ3v) is 3.44. The van der Waals surface area contributed by atoms with E-state index in [1.54, 1.807) is 29.2 Å². The molecule has 1 unspecified atom stereocenters. The van der Waals surface area contributed by atoms with Crippen molar-refractivity contribution < 1.29 is 9.59 Å². The summed E-state index contributed by atoms with van der Waals surface area (Å²) < 4.78 is 0. The fraction of sp³-hybridized carbons (Fsp3) is 0.429. The van der Waals surface area contributed by atoms with Crippen LogP contribution in [-0.4, -0.2) is 42.8 Å². The van der Waals surface area contributed by atoms with Gasteiger partial charge in [0.2, 0.25) is 0 Å². The molecule has 0 bridgehead atoms. The van der Waals surface area contributed by atoms with Gasteiger partial charge in [-0.05, 0) is 32.0 Å². The second-order valence-corrected chi connectivity index (χ2v) is 4.70. The maximum Gasteiger partial charge on any atom is 0.253 e. The molecule has 1 heterocycles. The maximum absolute atomic E-state index is 12.2. The van der Waals surface area contributed by atoms with Gasteiger partial charge in [0.15, 0.2) is 5.78 Å². The molecule has 1 aliphatic rings. The van der Waals surface area contributed by atoms with Gasteiger partial charge in [0.05, 0.1) is 0 Å². The Bertz CT molecular complexity index is 453. The van der Waals surface area contributed by atoms with E-state index >= 15 is 0 Å². The van der Waals surface area contributed by atoms with E-state index in [2.05, 4.69) is 5.32 Å². The average molecular weight is 283 g/mol. The minimum absolute atomic E-state index is 0. The molecule has 0 aromatic heterocycles. The van der Waals surface area contributed by atoms with Crippen LogP contribution in [0, 0.1) is 0 Å². The van der Waals surface area contributed by atoms with Crippen molar-refractivity contribution in [3.63, 3.8) is 0 Å². The summed E-state index contributed by atoms with van der Waals surface area (Å²) in [7, 11) is 1.83. The Morgan fingerprint density at radius 2 is 1.79 bits per heavy atom. The lowest BCUT2D eigenvalue weighted by atomic mass is 10.1. The summed E-state index contributed by atoms with van der Waals surface area (Å²) in [6, 6.07) is 7.12. The van der Waals surface area contributed by atoms with Gasteiger partial charge >= 0.3 is 0 Å². The van der Waals surface area contributed by atoms with Crippen LogP contribution in [0.3, 0.4) is 0 Å². The highest BCUT2D eigenvalue weighted by molar-refractivity contribution is 5.97. The van der Waals surface area contributed by atoms with Crippen LogP contribution in [0.1, 0.15) is 34.1 Å². The van der Waals surface area contributed by atoms with E-state index in [9.17, 15) is 9.59 Å². The Hall–Kier alpha value is -1.39. The molecular weight excluding hydrogens is 264 g/mol. The van der Waals surface area contributed by atoms with Gasteiger partial charge in [0.1, 0.15) is 0 Å². The SMILES string of the molecule is CC(=O)c1ccc(C(=O)N(C)C2CCNC2)cc1.Cl. The Balaban J connectivity index is 0.00000180. The van der Waals surface area contributed by atoms with Gasteiger partial charge < -0.3 is 10.2 Å². The van der Waals surface area contributed by atoms with Gasteiger partial charge in [0.25, 0.3) is 5.91 Å². The Labute approximate surface area is 119 Å². The van der Waals surface area contributed by atoms with Crippen LogP contribution in [-0.2, 0) is 0 Å². The van der Waals surface area contributed by atoms with Crippen molar-refractivity contribution in [1.82, 2.24) is 10.2 Å². The highest BCUT2D eigenvalue weighted by Crippen LogP contribution is 2.12. The van der Waals surface area contributed by atoms with Gasteiger partial charge in [-0.25, -0.2) is 0 Å². The van der Waals surface area contributed by atoms with Crippen LogP contribution in [0.4, 0.5) is 0 Å². The zero-order valence-electron chi connectivity index (χ0n) is 11.2. The fourth-order valence-electron chi connectivity index (χ4n) is 2.19. The molecule has 1 aromatic carbocycles. The number of carbonyl (C=O) groups excluding carboxylic acids is 2. The number of nitrogens with zero attached hydrogens (tertiary/aromatic N) is 1. The summed E-state index contributed by atoms with van der Waals surface area (Å²) in [4.78, 5) is 25.2. The van der Waals surface area contributed by atoms with Gasteiger partial charge in [-0.1, -0.05) is 12.1 Å². The first-order valence-corrected chi connectivity index (χ1v) is 6.18. The molecule has 0 spiro atoms. The van der Waals surface area contributed by atoms with E-state index in [1.807, 2.05) is 7.05 Å². The quantitative estimate of drug-likeness (QED) is 0.859. The van der Waals surface area contributed by atoms with E-state index in [1.165, 1.54) is 6.92 Å². The zero-order chi connectivity index (χ0) is 13.1. The molecule has 1 N–H and O–H groups in total. The molecule has 19 heavy (non-hydrogen) atoms. The minimum atomic E-state index is 0. The largest absolute Gasteiger partial charge is 0.337 e. The third-order valence-electron chi connectivity index (χ3n) is 3.44. The minimum Gasteiger partial charge on any atom is -0.337 e. The van der Waals surface area contributed by atoms with Crippen molar-refractivity contribution in [3.8, 4) is 0 Å². The van der Waals surface area contributed by atoms with Crippen LogP contribution in [0.25, 0.3) is 0 Å². The molecule has 1 aliphatic heterocycles. The predicted octanol–water partition coefficient (Wildman–Crippen LogP) is 1.74. The van der Waals surface area contributed by atoms with E-state index in [4.69, 9.17) is 0 Å². The molecule has 0 saturated carbocycles. The van der Waals surface area contributed by atoms with E-state index in [-0.39, 0.29) is 30.1 Å². The molecule has 2 rings (SSSR count). The second-order valence-electron chi connectivity index (χ2n) is 4.70. The van der Waals surface area contributed by atoms with Crippen LogP contribution in [0.5, 0.6) is 0 Å². The summed E-state index contributed by atoms with van der Waals surface area (Å²) in [5.41, 5.74) is 1.27.